The van der Waals surface area contributed by atoms with Crippen molar-refractivity contribution < 1.29 is 33.7 Å². The van der Waals surface area contributed by atoms with Crippen LogP contribution in [0.25, 0.3) is 0 Å². The van der Waals surface area contributed by atoms with E-state index in [1.54, 1.807) is 55.6 Å². The average Bonchev–Trinajstić information content (AvgIpc) is 3.48. The van der Waals surface area contributed by atoms with Gasteiger partial charge in [0.25, 0.3) is 0 Å². The number of hydrogen-bond donors (Lipinski definition) is 3. The molecule has 0 radical (unpaired) electrons. The number of likely N-dealkylation sites (tertiary alicyclic amines) is 1. The van der Waals surface area contributed by atoms with E-state index < -0.39 is 41.0 Å². The highest BCUT2D eigenvalue weighted by Crippen LogP contribution is 2.65. The Morgan fingerprint density at radius 3 is 2.17 bits per heavy atom. The van der Waals surface area contributed by atoms with Gasteiger partial charge in [-0.1, -0.05) is 13.8 Å². The summed E-state index contributed by atoms with van der Waals surface area (Å²) in [5.74, 6) is -1.57. The van der Waals surface area contributed by atoms with Gasteiger partial charge in [0.1, 0.15) is 23.1 Å². The molecule has 3 aliphatic heterocycles. The molecule has 220 valence electrons. The van der Waals surface area contributed by atoms with Crippen LogP contribution in [0.15, 0.2) is 48.5 Å². The smallest absolute Gasteiger partial charge is 0.250 e. The molecule has 3 unspecified atom stereocenters. The molecule has 2 bridgehead atoms. The van der Waals surface area contributed by atoms with E-state index in [1.807, 2.05) is 27.7 Å². The zero-order chi connectivity index (χ0) is 29.5. The molecule has 7 atom stereocenters. The Hall–Kier alpha value is -3.63. The van der Waals surface area contributed by atoms with Gasteiger partial charge in [-0.3, -0.25) is 14.4 Å². The van der Waals surface area contributed by atoms with Crippen LogP contribution in [0.1, 0.15) is 40.5 Å². The number of rotatable bonds is 10. The van der Waals surface area contributed by atoms with Gasteiger partial charge in [-0.05, 0) is 81.1 Å². The number of fused-ring (bicyclic) bond motifs is 1. The minimum atomic E-state index is -1.22. The second-order valence-electron chi connectivity index (χ2n) is 11.4. The van der Waals surface area contributed by atoms with Crippen LogP contribution in [0.4, 0.5) is 11.4 Å². The molecule has 3 heterocycles. The van der Waals surface area contributed by atoms with Gasteiger partial charge in [0, 0.05) is 11.4 Å². The lowest BCUT2D eigenvalue weighted by Crippen LogP contribution is -2.56. The highest BCUT2D eigenvalue weighted by atomic mass is 16.5. The van der Waals surface area contributed by atoms with E-state index in [2.05, 4.69) is 10.6 Å². The fourth-order valence-electron chi connectivity index (χ4n) is 7.09. The van der Waals surface area contributed by atoms with E-state index >= 15 is 0 Å². The number of aliphatic hydroxyl groups is 1. The zero-order valence-electron chi connectivity index (χ0n) is 24.2. The number of nitrogens with one attached hydrogen (secondary N) is 2. The number of nitrogens with zero attached hydrogens (tertiary/aromatic N) is 1. The number of benzene rings is 2. The van der Waals surface area contributed by atoms with Gasteiger partial charge < -0.3 is 34.9 Å². The molecule has 3 aliphatic rings. The highest BCUT2D eigenvalue weighted by Gasteiger charge is 2.80. The van der Waals surface area contributed by atoms with Crippen molar-refractivity contribution in [1.29, 1.82) is 0 Å². The van der Waals surface area contributed by atoms with Gasteiger partial charge in [-0.25, -0.2) is 0 Å². The predicted molar refractivity (Wildman–Crippen MR) is 153 cm³/mol. The first-order valence-electron chi connectivity index (χ1n) is 14.2. The van der Waals surface area contributed by atoms with Crippen LogP contribution in [0.2, 0.25) is 0 Å². The first-order valence-corrected chi connectivity index (χ1v) is 14.2. The summed E-state index contributed by atoms with van der Waals surface area (Å²) < 4.78 is 17.5. The molecule has 3 fully saturated rings. The molecular formula is C31H39N3O7. The van der Waals surface area contributed by atoms with Crippen molar-refractivity contribution in [3.05, 3.63) is 48.5 Å². The number of methoxy groups -OCH3 is 1. The Labute approximate surface area is 240 Å². The van der Waals surface area contributed by atoms with Gasteiger partial charge in [-0.15, -0.1) is 0 Å². The van der Waals surface area contributed by atoms with Crippen LogP contribution in [0, 0.1) is 17.8 Å². The summed E-state index contributed by atoms with van der Waals surface area (Å²) in [5.41, 5.74) is -1.06. The van der Waals surface area contributed by atoms with Crippen molar-refractivity contribution in [2.45, 2.75) is 63.8 Å². The lowest BCUT2D eigenvalue weighted by Gasteiger charge is -2.36. The largest absolute Gasteiger partial charge is 0.497 e. The van der Waals surface area contributed by atoms with Crippen molar-refractivity contribution in [2.24, 2.45) is 17.8 Å². The summed E-state index contributed by atoms with van der Waals surface area (Å²) in [6.07, 6.45) is 0.874. The van der Waals surface area contributed by atoms with Gasteiger partial charge in [-0.2, -0.15) is 0 Å². The van der Waals surface area contributed by atoms with Gasteiger partial charge in [0.15, 0.2) is 0 Å². The first-order chi connectivity index (χ1) is 19.6. The SMILES string of the molecule is CCOc1ccc(NC(=O)[C@H]2[C@H]3C(=O)N([C@@H](CC)CO)C(C(=O)Nc4ccc(OC)cc4)C34CC(C)[C@]2(C)O4)cc1. The minimum Gasteiger partial charge on any atom is -0.497 e. The van der Waals surface area contributed by atoms with E-state index in [4.69, 9.17) is 14.2 Å². The summed E-state index contributed by atoms with van der Waals surface area (Å²) >= 11 is 0. The summed E-state index contributed by atoms with van der Waals surface area (Å²) in [7, 11) is 1.56. The minimum absolute atomic E-state index is 0.104. The molecule has 2 aromatic carbocycles. The van der Waals surface area contributed by atoms with Crippen molar-refractivity contribution in [3.63, 3.8) is 0 Å². The fourth-order valence-corrected chi connectivity index (χ4v) is 7.09. The maximum Gasteiger partial charge on any atom is 0.250 e. The number of hydrogen-bond acceptors (Lipinski definition) is 7. The quantitative estimate of drug-likeness (QED) is 0.403. The van der Waals surface area contributed by atoms with Crippen molar-refractivity contribution >= 4 is 29.1 Å². The lowest BCUT2D eigenvalue weighted by atomic mass is 9.62. The second-order valence-corrected chi connectivity index (χ2v) is 11.4. The molecular weight excluding hydrogens is 526 g/mol. The lowest BCUT2D eigenvalue weighted by molar-refractivity contribution is -0.148. The number of carbonyl (C=O) groups excluding carboxylic acids is 3. The molecule has 3 saturated heterocycles. The standard InChI is InChI=1S/C31H39N3O7/c1-6-21(17-35)34-26(28(37)33-20-8-12-22(39-5)13-9-20)31-16-18(3)30(4,41-31)24(25(31)29(34)38)27(36)32-19-10-14-23(15-11-19)40-7-2/h8-15,18,21,24-26,35H,6-7,16-17H2,1-5H3,(H,32,36)(H,33,37)/t18?,21-,24+,25-,26?,30-,31?/m0/s1. The van der Waals surface area contributed by atoms with Crippen LogP contribution in [0.3, 0.4) is 0 Å². The monoisotopic (exact) mass is 565 g/mol. The van der Waals surface area contributed by atoms with Crippen LogP contribution in [0.5, 0.6) is 11.5 Å². The highest BCUT2D eigenvalue weighted by molar-refractivity contribution is 6.05. The van der Waals surface area contributed by atoms with Crippen LogP contribution in [-0.4, -0.2) is 71.3 Å². The van der Waals surface area contributed by atoms with E-state index in [9.17, 15) is 19.5 Å². The molecule has 0 aromatic heterocycles. The van der Waals surface area contributed by atoms with E-state index in [1.165, 1.54) is 4.90 Å². The third kappa shape index (κ3) is 4.63. The number of ether oxygens (including phenoxy) is 3. The molecule has 1 spiro atoms. The van der Waals surface area contributed by atoms with Crippen molar-refractivity contribution in [1.82, 2.24) is 4.90 Å². The molecule has 10 nitrogen and oxygen atoms in total. The number of amides is 3. The number of anilines is 2. The molecule has 5 rings (SSSR count). The third-order valence-corrected chi connectivity index (χ3v) is 9.15. The van der Waals surface area contributed by atoms with Gasteiger partial charge in [0.05, 0.1) is 43.8 Å². The zero-order valence-corrected chi connectivity index (χ0v) is 24.2. The Morgan fingerprint density at radius 1 is 1.05 bits per heavy atom. The Kier molecular flexibility index (Phi) is 7.74. The fraction of sp³-hybridized carbons (Fsp3) is 0.516. The summed E-state index contributed by atoms with van der Waals surface area (Å²) in [6, 6.07) is 12.4. The molecule has 2 aromatic rings. The summed E-state index contributed by atoms with van der Waals surface area (Å²) in [4.78, 5) is 43.7. The molecule has 41 heavy (non-hydrogen) atoms. The first kappa shape index (κ1) is 28.9. The van der Waals surface area contributed by atoms with Crippen LogP contribution in [-0.2, 0) is 19.1 Å². The summed E-state index contributed by atoms with van der Waals surface area (Å²) in [5, 5.41) is 16.2. The maximum absolute atomic E-state index is 14.3. The molecule has 10 heteroatoms. The second kappa shape index (κ2) is 11.0. The molecule has 0 saturated carbocycles. The normalized spacial score (nSPS) is 30.6. The third-order valence-electron chi connectivity index (χ3n) is 9.15. The Balaban J connectivity index is 1.50. The molecule has 0 aliphatic carbocycles. The van der Waals surface area contributed by atoms with Crippen molar-refractivity contribution in [2.75, 3.05) is 31.0 Å². The Bertz CT molecular complexity index is 1300. The van der Waals surface area contributed by atoms with Crippen LogP contribution >= 0.6 is 0 Å². The summed E-state index contributed by atoms with van der Waals surface area (Å²) in [6.45, 7) is 7.84. The van der Waals surface area contributed by atoms with Crippen molar-refractivity contribution in [3.8, 4) is 11.5 Å². The number of aliphatic hydroxyl groups excluding tert-OH is 1. The van der Waals surface area contributed by atoms with Gasteiger partial charge in [0.2, 0.25) is 17.7 Å². The van der Waals surface area contributed by atoms with E-state index in [0.29, 0.717) is 42.3 Å². The topological polar surface area (TPSA) is 126 Å². The number of carbonyl (C=O) groups is 3. The molecule has 3 N–H and O–H groups in total. The Morgan fingerprint density at radius 2 is 1.63 bits per heavy atom. The predicted octanol–water partition coefficient (Wildman–Crippen LogP) is 3.45. The average molecular weight is 566 g/mol. The van der Waals surface area contributed by atoms with Gasteiger partial charge >= 0.3 is 0 Å². The maximum atomic E-state index is 14.3. The molecule has 3 amide bonds. The van der Waals surface area contributed by atoms with E-state index in [0.717, 1.165) is 0 Å². The van der Waals surface area contributed by atoms with Crippen LogP contribution < -0.4 is 20.1 Å². The van der Waals surface area contributed by atoms with E-state index in [-0.39, 0.29) is 24.3 Å².